The molecule has 2 aliphatic heterocycles. The van der Waals surface area contributed by atoms with Crippen molar-refractivity contribution in [1.29, 1.82) is 0 Å². The molecular formula is C36H28ClNO5. The fraction of sp³-hybridized carbons (Fsp3) is 0.194. The smallest absolute Gasteiger partial charge is 0.185 e. The summed E-state index contributed by atoms with van der Waals surface area (Å²) in [6, 6.07) is 23.4. The molecule has 4 aromatic rings. The SMILES string of the molecule is COc1ccc(OC)c([C@H]2[C@H](C(=O)c3ccc(C)cc3)N3c4ccc(Cl)cc4C=C[C@@H]3C23C(=O)c2ccccc2C3=O)c1. The summed E-state index contributed by atoms with van der Waals surface area (Å²) in [5.74, 6) is -0.753. The first-order valence-electron chi connectivity index (χ1n) is 14.1. The Hall–Kier alpha value is -4.68. The first kappa shape index (κ1) is 27.2. The Bertz CT molecular complexity index is 1830. The van der Waals surface area contributed by atoms with Crippen LogP contribution in [0.25, 0.3) is 6.08 Å². The van der Waals surface area contributed by atoms with Crippen LogP contribution in [0.2, 0.25) is 5.02 Å². The Labute approximate surface area is 254 Å². The van der Waals surface area contributed by atoms with Gasteiger partial charge in [-0.25, -0.2) is 0 Å². The largest absolute Gasteiger partial charge is 0.497 e. The molecule has 1 aliphatic carbocycles. The highest BCUT2D eigenvalue weighted by Crippen LogP contribution is 2.62. The van der Waals surface area contributed by atoms with Crippen LogP contribution < -0.4 is 14.4 Å². The molecule has 3 aliphatic rings. The van der Waals surface area contributed by atoms with Gasteiger partial charge in [-0.2, -0.15) is 0 Å². The standard InChI is InChI=1S/C36H28ClNO5/c1-20-8-10-21(11-9-20)33(39)32-31(27-19-24(42-2)14-16-29(27)43-3)36(34(40)25-6-4-5-7-26(25)35(36)41)30-17-12-22-18-23(37)13-15-28(22)38(30)32/h4-19,30-32H,1-3H3/t30-,31+,32-/m1/s1. The molecule has 0 aromatic heterocycles. The molecule has 0 amide bonds. The lowest BCUT2D eigenvalue weighted by Gasteiger charge is -2.37. The quantitative estimate of drug-likeness (QED) is 0.185. The van der Waals surface area contributed by atoms with E-state index in [9.17, 15) is 14.4 Å². The number of hydrogen-bond acceptors (Lipinski definition) is 6. The summed E-state index contributed by atoms with van der Waals surface area (Å²) in [5.41, 5.74) is 2.65. The Morgan fingerprint density at radius 1 is 0.860 bits per heavy atom. The zero-order chi connectivity index (χ0) is 30.0. The zero-order valence-corrected chi connectivity index (χ0v) is 24.6. The van der Waals surface area contributed by atoms with E-state index in [2.05, 4.69) is 0 Å². The molecule has 0 radical (unpaired) electrons. The molecule has 0 bridgehead atoms. The minimum absolute atomic E-state index is 0.204. The highest BCUT2D eigenvalue weighted by Gasteiger charge is 2.72. The van der Waals surface area contributed by atoms with Gasteiger partial charge in [0.05, 0.1) is 20.3 Å². The van der Waals surface area contributed by atoms with Gasteiger partial charge in [0.25, 0.3) is 0 Å². The number of rotatable bonds is 5. The molecule has 0 N–H and O–H groups in total. The second-order valence-electron chi connectivity index (χ2n) is 11.2. The van der Waals surface area contributed by atoms with Crippen LogP contribution in [0.4, 0.5) is 5.69 Å². The molecule has 6 nitrogen and oxygen atoms in total. The number of ketones is 3. The average molecular weight is 590 g/mol. The fourth-order valence-electron chi connectivity index (χ4n) is 7.26. The van der Waals surface area contributed by atoms with Crippen LogP contribution in [0, 0.1) is 12.3 Å². The number of benzene rings is 4. The van der Waals surface area contributed by atoms with Crippen molar-refractivity contribution in [3.05, 3.63) is 129 Å². The van der Waals surface area contributed by atoms with E-state index in [1.54, 1.807) is 74.9 Å². The molecule has 0 unspecified atom stereocenters. The summed E-state index contributed by atoms with van der Waals surface area (Å²) in [4.78, 5) is 46.5. The molecular weight excluding hydrogens is 562 g/mol. The van der Waals surface area contributed by atoms with Crippen molar-refractivity contribution < 1.29 is 23.9 Å². The van der Waals surface area contributed by atoms with Crippen LogP contribution >= 0.6 is 11.6 Å². The van der Waals surface area contributed by atoms with Crippen LogP contribution in [0.3, 0.4) is 0 Å². The molecule has 1 saturated heterocycles. The lowest BCUT2D eigenvalue weighted by Crippen LogP contribution is -2.48. The summed E-state index contributed by atoms with van der Waals surface area (Å²) in [6.07, 6.45) is 3.77. The second kappa shape index (κ2) is 9.96. The van der Waals surface area contributed by atoms with Crippen LogP contribution in [-0.4, -0.2) is 43.7 Å². The van der Waals surface area contributed by atoms with Crippen LogP contribution in [0.1, 0.15) is 53.7 Å². The molecule has 1 spiro atoms. The van der Waals surface area contributed by atoms with Gasteiger partial charge in [0, 0.05) is 38.9 Å². The lowest BCUT2D eigenvalue weighted by atomic mass is 9.64. The summed E-state index contributed by atoms with van der Waals surface area (Å²) >= 11 is 6.40. The molecule has 7 heteroatoms. The number of fused-ring (bicyclic) bond motifs is 5. The molecule has 4 aromatic carbocycles. The van der Waals surface area contributed by atoms with Gasteiger partial charge in [-0.3, -0.25) is 14.4 Å². The van der Waals surface area contributed by atoms with Crippen LogP contribution in [0.15, 0.2) is 91.0 Å². The third-order valence-corrected chi connectivity index (χ3v) is 9.38. The molecule has 43 heavy (non-hydrogen) atoms. The first-order chi connectivity index (χ1) is 20.8. The van der Waals surface area contributed by atoms with Gasteiger partial charge < -0.3 is 14.4 Å². The van der Waals surface area contributed by atoms with E-state index in [1.807, 2.05) is 48.2 Å². The fourth-order valence-corrected chi connectivity index (χ4v) is 7.44. The van der Waals surface area contributed by atoms with E-state index in [0.29, 0.717) is 38.8 Å². The minimum Gasteiger partial charge on any atom is -0.497 e. The number of nitrogens with zero attached hydrogens (tertiary/aromatic N) is 1. The monoisotopic (exact) mass is 589 g/mol. The summed E-state index contributed by atoms with van der Waals surface area (Å²) in [6.45, 7) is 1.96. The second-order valence-corrected chi connectivity index (χ2v) is 11.7. The van der Waals surface area contributed by atoms with Gasteiger partial charge in [-0.05, 0) is 48.9 Å². The molecule has 2 heterocycles. The van der Waals surface area contributed by atoms with Crippen molar-refractivity contribution in [3.8, 4) is 11.5 Å². The number of methoxy groups -OCH3 is 2. The van der Waals surface area contributed by atoms with Gasteiger partial charge in [0.1, 0.15) is 23.0 Å². The Balaban J connectivity index is 1.58. The van der Waals surface area contributed by atoms with Crippen molar-refractivity contribution in [2.24, 2.45) is 5.41 Å². The number of carbonyl (C=O) groups excluding carboxylic acids is 3. The van der Waals surface area contributed by atoms with Gasteiger partial charge >= 0.3 is 0 Å². The van der Waals surface area contributed by atoms with Crippen molar-refractivity contribution >= 4 is 40.7 Å². The third-order valence-electron chi connectivity index (χ3n) is 9.14. The normalized spacial score (nSPS) is 21.0. The maximum Gasteiger partial charge on any atom is 0.185 e. The number of anilines is 1. The van der Waals surface area contributed by atoms with Crippen molar-refractivity contribution in [3.63, 3.8) is 0 Å². The number of carbonyl (C=O) groups is 3. The van der Waals surface area contributed by atoms with Gasteiger partial charge in [-0.15, -0.1) is 0 Å². The van der Waals surface area contributed by atoms with Gasteiger partial charge in [-0.1, -0.05) is 77.8 Å². The molecule has 1 fully saturated rings. The molecule has 214 valence electrons. The van der Waals surface area contributed by atoms with E-state index in [-0.39, 0.29) is 17.3 Å². The van der Waals surface area contributed by atoms with Gasteiger partial charge in [0.15, 0.2) is 17.3 Å². The highest BCUT2D eigenvalue weighted by molar-refractivity contribution is 6.33. The number of hydrogen-bond donors (Lipinski definition) is 0. The van der Waals surface area contributed by atoms with Crippen LogP contribution in [-0.2, 0) is 0 Å². The van der Waals surface area contributed by atoms with E-state index in [1.165, 1.54) is 0 Å². The summed E-state index contributed by atoms with van der Waals surface area (Å²) in [7, 11) is 3.10. The number of aryl methyl sites for hydroxylation is 1. The molecule has 7 rings (SSSR count). The Kier molecular flexibility index (Phi) is 6.29. The maximum atomic E-state index is 14.9. The minimum atomic E-state index is -1.65. The van der Waals surface area contributed by atoms with Gasteiger partial charge in [0.2, 0.25) is 0 Å². The van der Waals surface area contributed by atoms with E-state index >= 15 is 0 Å². The predicted molar refractivity (Wildman–Crippen MR) is 166 cm³/mol. The third kappa shape index (κ3) is 3.76. The molecule has 3 atom stereocenters. The average Bonchev–Trinajstić information content (AvgIpc) is 3.46. The number of halogens is 1. The van der Waals surface area contributed by atoms with Crippen molar-refractivity contribution in [2.45, 2.75) is 24.9 Å². The Morgan fingerprint density at radius 3 is 2.21 bits per heavy atom. The topological polar surface area (TPSA) is 72.9 Å². The summed E-state index contributed by atoms with van der Waals surface area (Å²) in [5, 5.41) is 0.545. The van der Waals surface area contributed by atoms with E-state index < -0.39 is 23.4 Å². The number of Topliss-reactive ketones (excluding diaryl/α,β-unsaturated/α-hetero) is 3. The Morgan fingerprint density at radius 2 is 1.56 bits per heavy atom. The van der Waals surface area contributed by atoms with E-state index in [0.717, 1.165) is 16.8 Å². The van der Waals surface area contributed by atoms with E-state index in [4.69, 9.17) is 21.1 Å². The zero-order valence-electron chi connectivity index (χ0n) is 23.8. The summed E-state index contributed by atoms with van der Waals surface area (Å²) < 4.78 is 11.5. The predicted octanol–water partition coefficient (Wildman–Crippen LogP) is 6.98. The lowest BCUT2D eigenvalue weighted by molar-refractivity contribution is 0.0664. The highest BCUT2D eigenvalue weighted by atomic mass is 35.5. The van der Waals surface area contributed by atoms with Crippen molar-refractivity contribution in [2.75, 3.05) is 19.1 Å². The maximum absolute atomic E-state index is 14.9. The number of ether oxygens (including phenoxy) is 2. The first-order valence-corrected chi connectivity index (χ1v) is 14.5. The molecule has 0 saturated carbocycles. The van der Waals surface area contributed by atoms with Crippen LogP contribution in [0.5, 0.6) is 11.5 Å². The van der Waals surface area contributed by atoms with Crippen molar-refractivity contribution in [1.82, 2.24) is 0 Å².